The molecule has 21 heavy (non-hydrogen) atoms. The van der Waals surface area contributed by atoms with Gasteiger partial charge in [-0.05, 0) is 18.6 Å². The van der Waals surface area contributed by atoms with Crippen molar-refractivity contribution in [2.75, 3.05) is 12.4 Å². The Morgan fingerprint density at radius 1 is 1.19 bits per heavy atom. The molecule has 0 aliphatic rings. The monoisotopic (exact) mass is 326 g/mol. The third kappa shape index (κ3) is 3.69. The molecule has 2 N–H and O–H groups in total. The minimum absolute atomic E-state index is 0.000374. The first-order chi connectivity index (χ1) is 9.94. The van der Waals surface area contributed by atoms with Crippen molar-refractivity contribution < 1.29 is 8.42 Å². The van der Waals surface area contributed by atoms with Crippen LogP contribution in [0.2, 0.25) is 5.02 Å². The number of rotatable bonds is 5. The molecule has 6 nitrogen and oxygen atoms in total. The summed E-state index contributed by atoms with van der Waals surface area (Å²) in [5.74, 6) is 0.355. The summed E-state index contributed by atoms with van der Waals surface area (Å²) in [6.45, 7) is 1.72. The highest BCUT2D eigenvalue weighted by molar-refractivity contribution is 7.89. The Balaban J connectivity index is 2.22. The fraction of sp³-hybridized carbons (Fsp3) is 0.231. The fourth-order valence-electron chi connectivity index (χ4n) is 1.77. The first kappa shape index (κ1) is 15.7. The van der Waals surface area contributed by atoms with E-state index in [-0.39, 0.29) is 4.90 Å². The molecule has 0 spiro atoms. The number of nitrogens with one attached hydrogen (secondary N) is 2. The Bertz CT molecular complexity index is 719. The Kier molecular flexibility index (Phi) is 4.76. The lowest BCUT2D eigenvalue weighted by molar-refractivity contribution is 0.566. The van der Waals surface area contributed by atoms with Crippen LogP contribution < -0.4 is 10.0 Å². The van der Waals surface area contributed by atoms with Crippen LogP contribution in [-0.4, -0.2) is 25.4 Å². The summed E-state index contributed by atoms with van der Waals surface area (Å²) in [6, 6.07) is 6.62. The van der Waals surface area contributed by atoms with Gasteiger partial charge in [-0.15, -0.1) is 0 Å². The van der Waals surface area contributed by atoms with Crippen LogP contribution in [-0.2, 0) is 10.0 Å². The van der Waals surface area contributed by atoms with Crippen LogP contribution in [0.3, 0.4) is 0 Å². The zero-order valence-corrected chi connectivity index (χ0v) is 13.1. The summed E-state index contributed by atoms with van der Waals surface area (Å²) in [6.07, 6.45) is 2.50. The van der Waals surface area contributed by atoms with Gasteiger partial charge in [-0.25, -0.2) is 23.1 Å². The number of benzene rings is 1. The number of nitrogens with zero attached hydrogens (tertiary/aromatic N) is 2. The molecular weight excluding hydrogens is 312 g/mol. The molecule has 2 rings (SSSR count). The molecular formula is C13H15ClN4O2S. The molecule has 2 aromatic rings. The summed E-state index contributed by atoms with van der Waals surface area (Å²) >= 11 is 6.07. The van der Waals surface area contributed by atoms with E-state index in [2.05, 4.69) is 20.0 Å². The van der Waals surface area contributed by atoms with Crippen LogP contribution in [0.25, 0.3) is 0 Å². The van der Waals surface area contributed by atoms with Crippen LogP contribution >= 0.6 is 11.6 Å². The van der Waals surface area contributed by atoms with Crippen molar-refractivity contribution in [2.24, 2.45) is 0 Å². The fourth-order valence-corrected chi connectivity index (χ4v) is 3.19. The van der Waals surface area contributed by atoms with Gasteiger partial charge in [-0.2, -0.15) is 0 Å². The van der Waals surface area contributed by atoms with Crippen molar-refractivity contribution >= 4 is 27.6 Å². The van der Waals surface area contributed by atoms with Crippen LogP contribution in [0.5, 0.6) is 0 Å². The number of sulfonamides is 1. The van der Waals surface area contributed by atoms with Gasteiger partial charge in [0.25, 0.3) is 0 Å². The molecule has 0 saturated carbocycles. The predicted octanol–water partition coefficient (Wildman–Crippen LogP) is 2.21. The van der Waals surface area contributed by atoms with Gasteiger partial charge in [0.2, 0.25) is 16.0 Å². The minimum Gasteiger partial charge on any atom is -0.357 e. The quantitative estimate of drug-likeness (QED) is 0.880. The molecule has 1 aromatic carbocycles. The molecule has 1 heterocycles. The predicted molar refractivity (Wildman–Crippen MR) is 81.8 cm³/mol. The van der Waals surface area contributed by atoms with Crippen LogP contribution in [0.4, 0.5) is 5.95 Å². The van der Waals surface area contributed by atoms with Gasteiger partial charge in [0.15, 0.2) is 0 Å². The number of hydrogen-bond donors (Lipinski definition) is 2. The zero-order chi connectivity index (χ0) is 15.5. The van der Waals surface area contributed by atoms with Gasteiger partial charge in [-0.3, -0.25) is 0 Å². The van der Waals surface area contributed by atoms with E-state index in [9.17, 15) is 8.42 Å². The normalized spacial score (nSPS) is 12.9. The molecule has 0 aliphatic heterocycles. The molecule has 1 atom stereocenters. The van der Waals surface area contributed by atoms with Gasteiger partial charge in [0.1, 0.15) is 4.90 Å². The van der Waals surface area contributed by atoms with E-state index in [4.69, 9.17) is 11.6 Å². The van der Waals surface area contributed by atoms with E-state index in [1.54, 1.807) is 38.2 Å². The van der Waals surface area contributed by atoms with Gasteiger partial charge >= 0.3 is 0 Å². The third-order valence-corrected chi connectivity index (χ3v) is 4.71. The van der Waals surface area contributed by atoms with E-state index in [1.165, 1.54) is 12.4 Å². The molecule has 1 unspecified atom stereocenters. The van der Waals surface area contributed by atoms with E-state index in [1.807, 2.05) is 0 Å². The maximum absolute atomic E-state index is 12.3. The largest absolute Gasteiger partial charge is 0.357 e. The Morgan fingerprint density at radius 2 is 1.81 bits per heavy atom. The molecule has 112 valence electrons. The van der Waals surface area contributed by atoms with Crippen LogP contribution in [0, 0.1) is 0 Å². The smallest absolute Gasteiger partial charge is 0.244 e. The van der Waals surface area contributed by atoms with Gasteiger partial charge in [-0.1, -0.05) is 29.8 Å². The highest BCUT2D eigenvalue weighted by Gasteiger charge is 2.20. The summed E-state index contributed by atoms with van der Waals surface area (Å²) in [4.78, 5) is 7.79. The van der Waals surface area contributed by atoms with E-state index in [0.29, 0.717) is 16.5 Å². The lowest BCUT2D eigenvalue weighted by Crippen LogP contribution is -2.27. The standard InChI is InChI=1S/C13H15ClN4O2S/c1-9(11-5-3-4-6-12(11)14)18-21(19,20)10-7-16-13(15-2)17-8-10/h3-9,18H,1-2H3,(H,15,16,17). The van der Waals surface area contributed by atoms with E-state index < -0.39 is 16.1 Å². The number of anilines is 1. The Hall–Kier alpha value is -1.70. The Morgan fingerprint density at radius 3 is 2.38 bits per heavy atom. The van der Waals surface area contributed by atoms with E-state index in [0.717, 1.165) is 0 Å². The van der Waals surface area contributed by atoms with Crippen molar-refractivity contribution in [3.63, 3.8) is 0 Å². The van der Waals surface area contributed by atoms with Gasteiger partial charge in [0, 0.05) is 18.1 Å². The van der Waals surface area contributed by atoms with Gasteiger partial charge in [0.05, 0.1) is 12.4 Å². The minimum atomic E-state index is -3.71. The molecule has 0 radical (unpaired) electrons. The second kappa shape index (κ2) is 6.38. The lowest BCUT2D eigenvalue weighted by atomic mass is 10.1. The average Bonchev–Trinajstić information content (AvgIpc) is 2.47. The summed E-state index contributed by atoms with van der Waals surface area (Å²) < 4.78 is 27.1. The molecule has 0 aliphatic carbocycles. The summed E-state index contributed by atoms with van der Waals surface area (Å²) in [5.41, 5.74) is 0.704. The van der Waals surface area contributed by atoms with Gasteiger partial charge < -0.3 is 5.32 Å². The molecule has 0 saturated heterocycles. The van der Waals surface area contributed by atoms with Crippen LogP contribution in [0.15, 0.2) is 41.6 Å². The number of hydrogen-bond acceptors (Lipinski definition) is 5. The van der Waals surface area contributed by atoms with Crippen molar-refractivity contribution in [1.82, 2.24) is 14.7 Å². The second-order valence-corrected chi connectivity index (χ2v) is 6.48. The first-order valence-electron chi connectivity index (χ1n) is 6.20. The summed E-state index contributed by atoms with van der Waals surface area (Å²) in [7, 11) is -2.06. The third-order valence-electron chi connectivity index (χ3n) is 2.87. The number of halogens is 1. The highest BCUT2D eigenvalue weighted by atomic mass is 35.5. The molecule has 0 fully saturated rings. The van der Waals surface area contributed by atoms with Crippen molar-refractivity contribution in [3.05, 3.63) is 47.2 Å². The van der Waals surface area contributed by atoms with Crippen molar-refractivity contribution in [3.8, 4) is 0 Å². The molecule has 8 heteroatoms. The zero-order valence-electron chi connectivity index (χ0n) is 11.5. The topological polar surface area (TPSA) is 84.0 Å². The van der Waals surface area contributed by atoms with Crippen LogP contribution in [0.1, 0.15) is 18.5 Å². The maximum Gasteiger partial charge on any atom is 0.244 e. The van der Waals surface area contributed by atoms with Crippen molar-refractivity contribution in [2.45, 2.75) is 17.9 Å². The highest BCUT2D eigenvalue weighted by Crippen LogP contribution is 2.23. The average molecular weight is 327 g/mol. The lowest BCUT2D eigenvalue weighted by Gasteiger charge is -2.15. The molecule has 1 aromatic heterocycles. The molecule has 0 amide bonds. The summed E-state index contributed by atoms with van der Waals surface area (Å²) in [5, 5.41) is 3.23. The van der Waals surface area contributed by atoms with Crippen molar-refractivity contribution in [1.29, 1.82) is 0 Å². The SMILES string of the molecule is CNc1ncc(S(=O)(=O)NC(C)c2ccccc2Cl)cn1. The molecule has 0 bridgehead atoms. The second-order valence-electron chi connectivity index (χ2n) is 4.36. The number of aromatic nitrogens is 2. The Labute approximate surface area is 128 Å². The first-order valence-corrected chi connectivity index (χ1v) is 8.06. The van der Waals surface area contributed by atoms with E-state index >= 15 is 0 Å². The maximum atomic E-state index is 12.3.